The third-order valence-corrected chi connectivity index (χ3v) is 5.36. The van der Waals surface area contributed by atoms with Crippen LogP contribution in [0.3, 0.4) is 0 Å². The summed E-state index contributed by atoms with van der Waals surface area (Å²) in [6, 6.07) is 15.3. The molecule has 3 aromatic rings. The second-order valence-corrected chi connectivity index (χ2v) is 7.84. The molecule has 3 nitrogen and oxygen atoms in total. The van der Waals surface area contributed by atoms with Crippen LogP contribution in [0.2, 0.25) is 0 Å². The van der Waals surface area contributed by atoms with Crippen molar-refractivity contribution < 1.29 is 4.79 Å². The Morgan fingerprint density at radius 2 is 1.78 bits per heavy atom. The van der Waals surface area contributed by atoms with Crippen LogP contribution in [0.5, 0.6) is 0 Å². The fourth-order valence-electron chi connectivity index (χ4n) is 2.14. The average molecular weight is 452 g/mol. The molecule has 2 aromatic carbocycles. The van der Waals surface area contributed by atoms with Crippen LogP contribution in [-0.2, 0) is 0 Å². The number of nitrogens with zero attached hydrogens (tertiary/aromatic N) is 1. The number of carbonyl (C=O) groups excluding carboxylic acids is 1. The topological polar surface area (TPSA) is 42.0 Å². The highest BCUT2D eigenvalue weighted by Gasteiger charge is 2.14. The first kappa shape index (κ1) is 16.4. The predicted octanol–water partition coefficient (Wildman–Crippen LogP) is 5.90. The van der Waals surface area contributed by atoms with Crippen molar-refractivity contribution in [3.8, 4) is 11.3 Å². The van der Waals surface area contributed by atoms with Crippen LogP contribution in [-0.4, -0.2) is 10.9 Å². The van der Waals surface area contributed by atoms with Gasteiger partial charge in [-0.25, -0.2) is 4.98 Å². The molecule has 1 aromatic heterocycles. The van der Waals surface area contributed by atoms with E-state index in [0.717, 1.165) is 25.1 Å². The lowest BCUT2D eigenvalue weighted by Crippen LogP contribution is -2.12. The van der Waals surface area contributed by atoms with E-state index in [1.54, 1.807) is 6.07 Å². The third-order valence-electron chi connectivity index (χ3n) is 3.25. The quantitative estimate of drug-likeness (QED) is 0.538. The Balaban J connectivity index is 1.85. The molecular formula is C17H12Br2N2OS. The van der Waals surface area contributed by atoms with Gasteiger partial charge in [0, 0.05) is 19.4 Å². The van der Waals surface area contributed by atoms with Gasteiger partial charge in [0.25, 0.3) is 5.91 Å². The molecule has 0 saturated heterocycles. The van der Waals surface area contributed by atoms with Gasteiger partial charge in [-0.2, -0.15) is 0 Å². The number of rotatable bonds is 3. The number of thiazole rings is 1. The molecule has 0 bridgehead atoms. The molecule has 0 aliphatic heterocycles. The molecular weight excluding hydrogens is 440 g/mol. The lowest BCUT2D eigenvalue weighted by molar-refractivity contribution is 0.102. The van der Waals surface area contributed by atoms with Crippen molar-refractivity contribution in [3.05, 3.63) is 67.9 Å². The molecule has 0 aliphatic carbocycles. The largest absolute Gasteiger partial charge is 0.298 e. The molecule has 3 rings (SSSR count). The molecule has 1 N–H and O–H groups in total. The molecule has 23 heavy (non-hydrogen) atoms. The van der Waals surface area contributed by atoms with Gasteiger partial charge in [0.15, 0.2) is 5.13 Å². The van der Waals surface area contributed by atoms with Crippen molar-refractivity contribution in [2.45, 2.75) is 6.92 Å². The number of aromatic nitrogens is 1. The number of anilines is 1. The maximum atomic E-state index is 12.4. The zero-order chi connectivity index (χ0) is 16.4. The first-order valence-corrected chi connectivity index (χ1v) is 9.24. The second-order valence-electron chi connectivity index (χ2n) is 4.86. The number of hydrogen-bond donors (Lipinski definition) is 1. The lowest BCUT2D eigenvalue weighted by Gasteiger charge is -2.03. The molecule has 1 amide bonds. The summed E-state index contributed by atoms with van der Waals surface area (Å²) >= 11 is 8.29. The van der Waals surface area contributed by atoms with E-state index in [9.17, 15) is 4.79 Å². The SMILES string of the molecule is Cc1sc(NC(=O)c2ccccc2Br)nc1-c1ccc(Br)cc1. The van der Waals surface area contributed by atoms with E-state index in [0.29, 0.717) is 10.7 Å². The number of halogens is 2. The lowest BCUT2D eigenvalue weighted by atomic mass is 10.1. The van der Waals surface area contributed by atoms with Crippen molar-refractivity contribution in [1.29, 1.82) is 0 Å². The third kappa shape index (κ3) is 3.71. The Kier molecular flexibility index (Phi) is 4.94. The summed E-state index contributed by atoms with van der Waals surface area (Å²) in [5, 5.41) is 3.47. The highest BCUT2D eigenvalue weighted by atomic mass is 79.9. The fraction of sp³-hybridized carbons (Fsp3) is 0.0588. The van der Waals surface area contributed by atoms with Gasteiger partial charge in [0.05, 0.1) is 11.3 Å². The monoisotopic (exact) mass is 450 g/mol. The van der Waals surface area contributed by atoms with Gasteiger partial charge in [0.2, 0.25) is 0 Å². The van der Waals surface area contributed by atoms with Gasteiger partial charge in [0.1, 0.15) is 0 Å². The maximum absolute atomic E-state index is 12.4. The van der Waals surface area contributed by atoms with E-state index >= 15 is 0 Å². The summed E-state index contributed by atoms with van der Waals surface area (Å²) in [6.45, 7) is 2.00. The van der Waals surface area contributed by atoms with Crippen LogP contribution in [0.1, 0.15) is 15.2 Å². The van der Waals surface area contributed by atoms with Crippen molar-refractivity contribution in [2.24, 2.45) is 0 Å². The summed E-state index contributed by atoms with van der Waals surface area (Å²) < 4.78 is 1.79. The highest BCUT2D eigenvalue weighted by molar-refractivity contribution is 9.10. The Labute approximate surface area is 155 Å². The Morgan fingerprint density at radius 3 is 2.48 bits per heavy atom. The molecule has 0 fully saturated rings. The van der Waals surface area contributed by atoms with Crippen LogP contribution >= 0.6 is 43.2 Å². The molecule has 116 valence electrons. The van der Waals surface area contributed by atoms with Gasteiger partial charge in [-0.1, -0.05) is 40.2 Å². The smallest absolute Gasteiger partial charge is 0.258 e. The zero-order valence-corrected chi connectivity index (χ0v) is 16.1. The molecule has 0 unspecified atom stereocenters. The van der Waals surface area contributed by atoms with E-state index in [1.807, 2.05) is 49.4 Å². The molecule has 6 heteroatoms. The van der Waals surface area contributed by atoms with Crippen molar-refractivity contribution in [3.63, 3.8) is 0 Å². The van der Waals surface area contributed by atoms with Crippen molar-refractivity contribution in [2.75, 3.05) is 5.32 Å². The maximum Gasteiger partial charge on any atom is 0.258 e. The number of amides is 1. The fourth-order valence-corrected chi connectivity index (χ4v) is 3.70. The minimum atomic E-state index is -0.173. The first-order valence-electron chi connectivity index (χ1n) is 6.84. The van der Waals surface area contributed by atoms with Crippen LogP contribution in [0.25, 0.3) is 11.3 Å². The van der Waals surface area contributed by atoms with Crippen molar-refractivity contribution >= 4 is 54.2 Å². The second kappa shape index (κ2) is 6.95. The Bertz CT molecular complexity index is 859. The Hall–Kier alpha value is -1.50. The average Bonchev–Trinajstić information content (AvgIpc) is 2.89. The molecule has 0 atom stereocenters. The van der Waals surface area contributed by atoms with E-state index in [1.165, 1.54) is 11.3 Å². The number of hydrogen-bond acceptors (Lipinski definition) is 3. The van der Waals surface area contributed by atoms with E-state index < -0.39 is 0 Å². The first-order chi connectivity index (χ1) is 11.0. The van der Waals surface area contributed by atoms with Gasteiger partial charge in [-0.3, -0.25) is 10.1 Å². The van der Waals surface area contributed by atoms with Gasteiger partial charge < -0.3 is 0 Å². The number of nitrogens with one attached hydrogen (secondary N) is 1. The summed E-state index contributed by atoms with van der Waals surface area (Å²) in [6.07, 6.45) is 0. The van der Waals surface area contributed by atoms with Crippen molar-refractivity contribution in [1.82, 2.24) is 4.98 Å². The van der Waals surface area contributed by atoms with Crippen LogP contribution < -0.4 is 5.32 Å². The van der Waals surface area contributed by atoms with Gasteiger partial charge in [-0.15, -0.1) is 11.3 Å². The molecule has 0 spiro atoms. The highest BCUT2D eigenvalue weighted by Crippen LogP contribution is 2.31. The van der Waals surface area contributed by atoms with E-state index in [-0.39, 0.29) is 5.91 Å². The molecule has 0 aliphatic rings. The van der Waals surface area contributed by atoms with Gasteiger partial charge >= 0.3 is 0 Å². The zero-order valence-electron chi connectivity index (χ0n) is 12.1. The Morgan fingerprint density at radius 1 is 1.09 bits per heavy atom. The van der Waals surface area contributed by atoms with Crippen LogP contribution in [0.4, 0.5) is 5.13 Å². The normalized spacial score (nSPS) is 10.6. The van der Waals surface area contributed by atoms with Crippen LogP contribution in [0, 0.1) is 6.92 Å². The molecule has 0 saturated carbocycles. The number of aryl methyl sites for hydroxylation is 1. The standard InChI is InChI=1S/C17H12Br2N2OS/c1-10-15(11-6-8-12(18)9-7-11)20-17(23-10)21-16(22)13-4-2-3-5-14(13)19/h2-9H,1H3,(H,20,21,22). The number of benzene rings is 2. The predicted molar refractivity (Wildman–Crippen MR) is 102 cm³/mol. The summed E-state index contributed by atoms with van der Waals surface area (Å²) in [4.78, 5) is 18.0. The molecule has 1 heterocycles. The van der Waals surface area contributed by atoms with E-state index in [4.69, 9.17) is 0 Å². The summed E-state index contributed by atoms with van der Waals surface area (Å²) in [5.41, 5.74) is 2.51. The van der Waals surface area contributed by atoms with Crippen LogP contribution in [0.15, 0.2) is 57.5 Å². The van der Waals surface area contributed by atoms with Gasteiger partial charge in [-0.05, 0) is 47.1 Å². The van der Waals surface area contributed by atoms with E-state index in [2.05, 4.69) is 42.2 Å². The molecule has 0 radical (unpaired) electrons. The summed E-state index contributed by atoms with van der Waals surface area (Å²) in [7, 11) is 0. The minimum Gasteiger partial charge on any atom is -0.298 e. The minimum absolute atomic E-state index is 0.173. The summed E-state index contributed by atoms with van der Waals surface area (Å²) in [5.74, 6) is -0.173. The number of carbonyl (C=O) groups is 1.